The van der Waals surface area contributed by atoms with Crippen molar-refractivity contribution in [2.75, 3.05) is 7.11 Å². The summed E-state index contributed by atoms with van der Waals surface area (Å²) in [6.45, 7) is 0. The van der Waals surface area contributed by atoms with E-state index < -0.39 is 5.91 Å². The molecule has 0 bridgehead atoms. The lowest BCUT2D eigenvalue weighted by atomic mass is 10.2. The normalized spacial score (nSPS) is 9.50. The fraction of sp³-hybridized carbons (Fsp3) is 0.125. The largest absolute Gasteiger partial charge is 0.497 e. The van der Waals surface area contributed by atoms with Crippen molar-refractivity contribution >= 4 is 28.5 Å². The number of carbonyl (C=O) groups is 1. The van der Waals surface area contributed by atoms with Crippen LogP contribution in [0.2, 0.25) is 0 Å². The van der Waals surface area contributed by atoms with Crippen LogP contribution in [0.3, 0.4) is 0 Å². The lowest BCUT2D eigenvalue weighted by molar-refractivity contribution is 0.0999. The summed E-state index contributed by atoms with van der Waals surface area (Å²) < 4.78 is 5.78. The lowest BCUT2D eigenvalue weighted by Gasteiger charge is -2.03. The molecule has 1 aromatic rings. The Labute approximate surface area is 84.0 Å². The highest BCUT2D eigenvalue weighted by Gasteiger charge is 2.06. The van der Waals surface area contributed by atoms with E-state index in [1.54, 1.807) is 25.3 Å². The van der Waals surface area contributed by atoms with Crippen molar-refractivity contribution in [1.29, 1.82) is 0 Å². The highest BCUT2D eigenvalue weighted by atomic mass is 127. The summed E-state index contributed by atoms with van der Waals surface area (Å²) in [5.74, 6) is 0.211. The molecule has 4 heteroatoms. The number of primary amides is 1. The molecule has 0 aliphatic rings. The minimum atomic E-state index is -0.432. The standard InChI is InChI=1S/C8H8INO2/c1-12-5-2-3-7(9)6(4-5)8(10)11/h2-4H,1H3,(H2,10,11). The van der Waals surface area contributed by atoms with E-state index in [1.165, 1.54) is 0 Å². The molecule has 1 amide bonds. The number of hydrogen-bond donors (Lipinski definition) is 1. The van der Waals surface area contributed by atoms with E-state index in [2.05, 4.69) is 22.6 Å². The molecular formula is C8H8INO2. The number of nitrogens with two attached hydrogens (primary N) is 1. The molecule has 64 valence electrons. The molecule has 1 rings (SSSR count). The first-order valence-electron chi connectivity index (χ1n) is 3.28. The van der Waals surface area contributed by atoms with E-state index in [4.69, 9.17) is 10.5 Å². The second kappa shape index (κ2) is 3.75. The van der Waals surface area contributed by atoms with E-state index in [1.807, 2.05) is 0 Å². The van der Waals surface area contributed by atoms with Crippen molar-refractivity contribution in [3.63, 3.8) is 0 Å². The Hall–Kier alpha value is -0.780. The van der Waals surface area contributed by atoms with Gasteiger partial charge in [0.2, 0.25) is 5.91 Å². The van der Waals surface area contributed by atoms with Gasteiger partial charge in [0.15, 0.2) is 0 Å². The van der Waals surface area contributed by atoms with Crippen LogP contribution >= 0.6 is 22.6 Å². The number of halogens is 1. The van der Waals surface area contributed by atoms with Gasteiger partial charge in [0.25, 0.3) is 0 Å². The van der Waals surface area contributed by atoms with E-state index in [-0.39, 0.29) is 0 Å². The fourth-order valence-electron chi connectivity index (χ4n) is 0.820. The van der Waals surface area contributed by atoms with Crippen LogP contribution < -0.4 is 10.5 Å². The maximum Gasteiger partial charge on any atom is 0.249 e. The van der Waals surface area contributed by atoms with Gasteiger partial charge in [0.1, 0.15) is 5.75 Å². The molecule has 2 N–H and O–H groups in total. The van der Waals surface area contributed by atoms with Crippen LogP contribution in [0.15, 0.2) is 18.2 Å². The molecule has 12 heavy (non-hydrogen) atoms. The number of carbonyl (C=O) groups excluding carboxylic acids is 1. The molecule has 3 nitrogen and oxygen atoms in total. The maximum atomic E-state index is 10.9. The van der Waals surface area contributed by atoms with Crippen LogP contribution in [0, 0.1) is 3.57 Å². The SMILES string of the molecule is COc1ccc(I)c(C(N)=O)c1. The third-order valence-electron chi connectivity index (χ3n) is 1.44. The second-order valence-electron chi connectivity index (χ2n) is 2.21. The Morgan fingerprint density at radius 1 is 1.58 bits per heavy atom. The fourth-order valence-corrected chi connectivity index (χ4v) is 1.42. The Morgan fingerprint density at radius 3 is 2.75 bits per heavy atom. The van der Waals surface area contributed by atoms with Gasteiger partial charge in [-0.1, -0.05) is 0 Å². The van der Waals surface area contributed by atoms with Gasteiger partial charge in [-0.05, 0) is 40.8 Å². The first kappa shape index (κ1) is 9.31. The first-order valence-corrected chi connectivity index (χ1v) is 4.36. The predicted octanol–water partition coefficient (Wildman–Crippen LogP) is 1.40. The van der Waals surface area contributed by atoms with Crippen molar-refractivity contribution in [3.05, 3.63) is 27.3 Å². The van der Waals surface area contributed by atoms with Gasteiger partial charge in [-0.2, -0.15) is 0 Å². The molecule has 0 aliphatic heterocycles. The number of hydrogen-bond acceptors (Lipinski definition) is 2. The third-order valence-corrected chi connectivity index (χ3v) is 2.38. The second-order valence-corrected chi connectivity index (χ2v) is 3.37. The highest BCUT2D eigenvalue weighted by Crippen LogP contribution is 2.18. The summed E-state index contributed by atoms with van der Waals surface area (Å²) in [5, 5.41) is 0. The van der Waals surface area contributed by atoms with Crippen molar-refractivity contribution in [2.24, 2.45) is 5.73 Å². The number of ether oxygens (including phenoxy) is 1. The Kier molecular flexibility index (Phi) is 2.91. The zero-order valence-electron chi connectivity index (χ0n) is 6.50. The average Bonchev–Trinajstić information content (AvgIpc) is 2.05. The topological polar surface area (TPSA) is 52.3 Å². The van der Waals surface area contributed by atoms with Crippen molar-refractivity contribution in [1.82, 2.24) is 0 Å². The predicted molar refractivity (Wildman–Crippen MR) is 54.2 cm³/mol. The van der Waals surface area contributed by atoms with E-state index >= 15 is 0 Å². The van der Waals surface area contributed by atoms with Crippen LogP contribution in [0.5, 0.6) is 5.75 Å². The molecule has 0 atom stereocenters. The molecule has 1 aromatic carbocycles. The van der Waals surface area contributed by atoms with Gasteiger partial charge in [-0.3, -0.25) is 4.79 Å². The highest BCUT2D eigenvalue weighted by molar-refractivity contribution is 14.1. The first-order chi connectivity index (χ1) is 5.65. The molecule has 0 saturated heterocycles. The molecule has 0 unspecified atom stereocenters. The molecule has 0 spiro atoms. The number of methoxy groups -OCH3 is 1. The summed E-state index contributed by atoms with van der Waals surface area (Å²) in [6, 6.07) is 5.21. The molecule has 0 aromatic heterocycles. The Balaban J connectivity index is 3.17. The Morgan fingerprint density at radius 2 is 2.25 bits per heavy atom. The summed E-state index contributed by atoms with van der Waals surface area (Å²) in [4.78, 5) is 10.9. The van der Waals surface area contributed by atoms with Gasteiger partial charge in [-0.25, -0.2) is 0 Å². The summed E-state index contributed by atoms with van der Waals surface area (Å²) >= 11 is 2.05. The summed E-state index contributed by atoms with van der Waals surface area (Å²) in [7, 11) is 1.55. The van der Waals surface area contributed by atoms with Crippen LogP contribution in [-0.2, 0) is 0 Å². The lowest BCUT2D eigenvalue weighted by Crippen LogP contribution is -2.12. The smallest absolute Gasteiger partial charge is 0.249 e. The quantitative estimate of drug-likeness (QED) is 0.831. The van der Waals surface area contributed by atoms with Gasteiger partial charge < -0.3 is 10.5 Å². The van der Waals surface area contributed by atoms with Crippen LogP contribution in [-0.4, -0.2) is 13.0 Å². The average molecular weight is 277 g/mol. The number of rotatable bonds is 2. The summed E-state index contributed by atoms with van der Waals surface area (Å²) in [6.07, 6.45) is 0. The zero-order valence-corrected chi connectivity index (χ0v) is 8.66. The molecule has 0 saturated carbocycles. The van der Waals surface area contributed by atoms with Crippen LogP contribution in [0.25, 0.3) is 0 Å². The molecule has 0 aliphatic carbocycles. The monoisotopic (exact) mass is 277 g/mol. The van der Waals surface area contributed by atoms with Gasteiger partial charge in [-0.15, -0.1) is 0 Å². The number of amides is 1. The summed E-state index contributed by atoms with van der Waals surface area (Å²) in [5.41, 5.74) is 5.63. The minimum absolute atomic E-state index is 0.432. The maximum absolute atomic E-state index is 10.9. The number of benzene rings is 1. The van der Waals surface area contributed by atoms with E-state index in [0.29, 0.717) is 11.3 Å². The van der Waals surface area contributed by atoms with Crippen molar-refractivity contribution < 1.29 is 9.53 Å². The molecule has 0 radical (unpaired) electrons. The van der Waals surface area contributed by atoms with E-state index in [9.17, 15) is 4.79 Å². The van der Waals surface area contributed by atoms with E-state index in [0.717, 1.165) is 3.57 Å². The third kappa shape index (κ3) is 1.88. The van der Waals surface area contributed by atoms with Crippen molar-refractivity contribution in [2.45, 2.75) is 0 Å². The Bertz CT molecular complexity index is 312. The van der Waals surface area contributed by atoms with Gasteiger partial charge in [0, 0.05) is 3.57 Å². The van der Waals surface area contributed by atoms with Crippen LogP contribution in [0.4, 0.5) is 0 Å². The minimum Gasteiger partial charge on any atom is -0.497 e. The van der Waals surface area contributed by atoms with Gasteiger partial charge in [0.05, 0.1) is 12.7 Å². The molecule has 0 heterocycles. The van der Waals surface area contributed by atoms with Crippen LogP contribution in [0.1, 0.15) is 10.4 Å². The zero-order chi connectivity index (χ0) is 9.14. The van der Waals surface area contributed by atoms with Gasteiger partial charge >= 0.3 is 0 Å². The molecule has 0 fully saturated rings. The van der Waals surface area contributed by atoms with Crippen molar-refractivity contribution in [3.8, 4) is 5.75 Å². The molecular weight excluding hydrogens is 269 g/mol.